The lowest BCUT2D eigenvalue weighted by molar-refractivity contribution is -0.141. The van der Waals surface area contributed by atoms with E-state index in [0.717, 1.165) is 35.6 Å². The van der Waals surface area contributed by atoms with Crippen LogP contribution >= 0.6 is 0 Å². The highest BCUT2D eigenvalue weighted by Crippen LogP contribution is 2.32. The fourth-order valence-electron chi connectivity index (χ4n) is 3.93. The average Bonchev–Trinajstić information content (AvgIpc) is 2.74. The van der Waals surface area contributed by atoms with E-state index in [1.54, 1.807) is 0 Å². The Morgan fingerprint density at radius 3 is 2.09 bits per heavy atom. The van der Waals surface area contributed by atoms with Gasteiger partial charge in [-0.05, 0) is 47.9 Å². The van der Waals surface area contributed by atoms with Crippen LogP contribution in [0.3, 0.4) is 0 Å². The number of carbonyl (C=O) groups is 2. The van der Waals surface area contributed by atoms with E-state index in [0.29, 0.717) is 24.7 Å². The summed E-state index contributed by atoms with van der Waals surface area (Å²) < 4.78 is 4.84. The second kappa shape index (κ2) is 12.4. The molecule has 0 spiro atoms. The van der Waals surface area contributed by atoms with E-state index in [2.05, 4.69) is 50.0 Å². The molecule has 33 heavy (non-hydrogen) atoms. The van der Waals surface area contributed by atoms with Gasteiger partial charge < -0.3 is 15.0 Å². The zero-order valence-electron chi connectivity index (χ0n) is 21.3. The van der Waals surface area contributed by atoms with E-state index >= 15 is 0 Å². The van der Waals surface area contributed by atoms with Crippen molar-refractivity contribution in [2.45, 2.75) is 60.3 Å². The third-order valence-electron chi connectivity index (χ3n) is 5.56. The molecule has 180 valence electrons. The lowest BCUT2D eigenvalue weighted by atomic mass is 9.96. The van der Waals surface area contributed by atoms with Crippen molar-refractivity contribution in [3.63, 3.8) is 0 Å². The molecule has 0 aliphatic heterocycles. The first kappa shape index (κ1) is 26.4. The lowest BCUT2D eigenvalue weighted by Gasteiger charge is -2.31. The molecular formula is C28H40N2O3. The molecule has 1 unspecified atom stereocenters. The van der Waals surface area contributed by atoms with Crippen LogP contribution in [0.2, 0.25) is 0 Å². The fraction of sp³-hybridized carbons (Fsp3) is 0.500. The number of aryl methyl sites for hydroxylation is 1. The van der Waals surface area contributed by atoms with Crippen LogP contribution in [0.25, 0.3) is 0 Å². The highest BCUT2D eigenvalue weighted by molar-refractivity contribution is 5.95. The second-order valence-corrected chi connectivity index (χ2v) is 9.86. The van der Waals surface area contributed by atoms with Crippen LogP contribution in [0.5, 0.6) is 0 Å². The predicted molar refractivity (Wildman–Crippen MR) is 137 cm³/mol. The molecule has 0 aliphatic carbocycles. The minimum atomic E-state index is -0.238. The van der Waals surface area contributed by atoms with Crippen LogP contribution in [-0.2, 0) is 20.7 Å². The van der Waals surface area contributed by atoms with Crippen LogP contribution in [-0.4, -0.2) is 32.1 Å². The first-order valence-corrected chi connectivity index (χ1v) is 11.9. The Balaban J connectivity index is 2.37. The number of benzene rings is 2. The monoisotopic (exact) mass is 452 g/mol. The third-order valence-corrected chi connectivity index (χ3v) is 5.56. The van der Waals surface area contributed by atoms with Crippen molar-refractivity contribution in [2.75, 3.05) is 30.4 Å². The summed E-state index contributed by atoms with van der Waals surface area (Å²) in [6.07, 6.45) is 0.615. The molecular weight excluding hydrogens is 412 g/mol. The second-order valence-electron chi connectivity index (χ2n) is 9.86. The van der Waals surface area contributed by atoms with Crippen LogP contribution in [0, 0.1) is 18.8 Å². The van der Waals surface area contributed by atoms with Gasteiger partial charge in [-0.3, -0.25) is 9.59 Å². The summed E-state index contributed by atoms with van der Waals surface area (Å²) >= 11 is 0. The number of anilines is 2. The summed E-state index contributed by atoms with van der Waals surface area (Å²) in [6.45, 7) is 14.7. The molecule has 2 rings (SSSR count). The van der Waals surface area contributed by atoms with Gasteiger partial charge in [-0.1, -0.05) is 70.5 Å². The molecule has 1 amide bonds. The Kier molecular flexibility index (Phi) is 9.95. The van der Waals surface area contributed by atoms with E-state index < -0.39 is 0 Å². The van der Waals surface area contributed by atoms with E-state index in [1.165, 1.54) is 12.7 Å². The van der Waals surface area contributed by atoms with E-state index in [1.807, 2.05) is 44.2 Å². The minimum Gasteiger partial charge on any atom is -0.469 e. The topological polar surface area (TPSA) is 58.6 Å². The molecule has 1 atom stereocenters. The Labute approximate surface area is 199 Å². The molecule has 0 saturated carbocycles. The highest BCUT2D eigenvalue weighted by Gasteiger charge is 2.19. The predicted octanol–water partition coefficient (Wildman–Crippen LogP) is 5.96. The third kappa shape index (κ3) is 8.56. The normalized spacial score (nSPS) is 12.0. The molecule has 0 radical (unpaired) electrons. The summed E-state index contributed by atoms with van der Waals surface area (Å²) in [7, 11) is 1.41. The number of amides is 1. The molecule has 0 heterocycles. The maximum Gasteiger partial charge on any atom is 0.306 e. The maximum absolute atomic E-state index is 13.0. The Hall–Kier alpha value is -2.82. The van der Waals surface area contributed by atoms with Crippen LogP contribution in [0.1, 0.15) is 63.6 Å². The molecule has 1 N–H and O–H groups in total. The van der Waals surface area contributed by atoms with E-state index in [-0.39, 0.29) is 17.8 Å². The van der Waals surface area contributed by atoms with Gasteiger partial charge in [0.1, 0.15) is 0 Å². The van der Waals surface area contributed by atoms with Crippen LogP contribution in [0.15, 0.2) is 42.5 Å². The molecule has 0 bridgehead atoms. The smallest absolute Gasteiger partial charge is 0.306 e. The number of hydrogen-bond acceptors (Lipinski definition) is 4. The van der Waals surface area contributed by atoms with Gasteiger partial charge in [-0.15, -0.1) is 0 Å². The molecule has 5 heteroatoms. The molecule has 0 aliphatic rings. The van der Waals surface area contributed by atoms with Crippen molar-refractivity contribution in [1.29, 1.82) is 0 Å². The van der Waals surface area contributed by atoms with Crippen LogP contribution < -0.4 is 10.2 Å². The number of carbonyl (C=O) groups excluding carboxylic acids is 2. The SMILES string of the molecule is COC(=O)CC(C)c1ccc(N(CC(C)C)CC(C)C)c(NC(=O)Cc2ccc(C)cc2)c1. The largest absolute Gasteiger partial charge is 0.469 e. The summed E-state index contributed by atoms with van der Waals surface area (Å²) in [5, 5.41) is 3.17. The van der Waals surface area contributed by atoms with Gasteiger partial charge in [0.05, 0.1) is 31.3 Å². The maximum atomic E-state index is 13.0. The Morgan fingerprint density at radius 1 is 0.939 bits per heavy atom. The van der Waals surface area contributed by atoms with Gasteiger partial charge in [0, 0.05) is 13.1 Å². The average molecular weight is 453 g/mol. The zero-order chi connectivity index (χ0) is 24.5. The minimum absolute atomic E-state index is 0.0112. The standard InChI is InChI=1S/C28H40N2O3/c1-19(2)17-30(18-20(3)4)26-13-12-24(22(6)14-28(32)33-7)16-25(26)29-27(31)15-23-10-8-21(5)9-11-23/h8-13,16,19-20,22H,14-15,17-18H2,1-7H3,(H,29,31). The molecule has 0 saturated heterocycles. The van der Waals surface area contributed by atoms with Crippen molar-refractivity contribution in [2.24, 2.45) is 11.8 Å². The van der Waals surface area contributed by atoms with Gasteiger partial charge in [0.15, 0.2) is 0 Å². The molecule has 2 aromatic rings. The lowest BCUT2D eigenvalue weighted by Crippen LogP contribution is -2.32. The quantitative estimate of drug-likeness (QED) is 0.427. The van der Waals surface area contributed by atoms with Gasteiger partial charge in [-0.2, -0.15) is 0 Å². The number of nitrogens with one attached hydrogen (secondary N) is 1. The number of ether oxygens (including phenoxy) is 1. The van der Waals surface area contributed by atoms with E-state index in [9.17, 15) is 9.59 Å². The number of rotatable bonds is 11. The highest BCUT2D eigenvalue weighted by atomic mass is 16.5. The first-order chi connectivity index (χ1) is 15.6. The number of hydrogen-bond donors (Lipinski definition) is 1. The first-order valence-electron chi connectivity index (χ1n) is 11.9. The van der Waals surface area contributed by atoms with Crippen molar-refractivity contribution in [3.8, 4) is 0 Å². The molecule has 0 fully saturated rings. The Morgan fingerprint density at radius 2 is 1.55 bits per heavy atom. The fourth-order valence-corrected chi connectivity index (χ4v) is 3.93. The molecule has 5 nitrogen and oxygen atoms in total. The van der Waals surface area contributed by atoms with Gasteiger partial charge in [-0.25, -0.2) is 0 Å². The summed E-state index contributed by atoms with van der Waals surface area (Å²) in [5.74, 6) is 0.670. The summed E-state index contributed by atoms with van der Waals surface area (Å²) in [4.78, 5) is 27.1. The number of methoxy groups -OCH3 is 1. The number of nitrogens with zero attached hydrogens (tertiary/aromatic N) is 1. The van der Waals surface area contributed by atoms with Crippen molar-refractivity contribution >= 4 is 23.3 Å². The zero-order valence-corrected chi connectivity index (χ0v) is 21.3. The van der Waals surface area contributed by atoms with Crippen molar-refractivity contribution in [1.82, 2.24) is 0 Å². The molecule has 0 aromatic heterocycles. The molecule has 2 aromatic carbocycles. The van der Waals surface area contributed by atoms with Crippen molar-refractivity contribution < 1.29 is 14.3 Å². The van der Waals surface area contributed by atoms with Gasteiger partial charge >= 0.3 is 5.97 Å². The summed E-state index contributed by atoms with van der Waals surface area (Å²) in [6, 6.07) is 14.2. The Bertz CT molecular complexity index is 909. The van der Waals surface area contributed by atoms with E-state index in [4.69, 9.17) is 4.74 Å². The number of esters is 1. The van der Waals surface area contributed by atoms with Gasteiger partial charge in [0.2, 0.25) is 5.91 Å². The van der Waals surface area contributed by atoms with Crippen LogP contribution in [0.4, 0.5) is 11.4 Å². The van der Waals surface area contributed by atoms with Crippen molar-refractivity contribution in [3.05, 3.63) is 59.2 Å². The summed E-state index contributed by atoms with van der Waals surface area (Å²) in [5.41, 5.74) is 4.97. The van der Waals surface area contributed by atoms with Gasteiger partial charge in [0.25, 0.3) is 0 Å².